The topological polar surface area (TPSA) is 38.4 Å². The molecule has 1 aliphatic heterocycles. The highest BCUT2D eigenvalue weighted by atomic mass is 14.7. The zero-order valence-corrected chi connectivity index (χ0v) is 5.25. The fourth-order valence-electron chi connectivity index (χ4n) is 0.656. The number of nitrogens with two attached hydrogens (primary N) is 1. The Balaban J connectivity index is 2.67. The molecular weight excluding hydrogens is 112 g/mol. The van der Waals surface area contributed by atoms with Gasteiger partial charge in [-0.3, -0.25) is 4.99 Å². The lowest BCUT2D eigenvalue weighted by molar-refractivity contribution is 1.30. The van der Waals surface area contributed by atoms with Gasteiger partial charge in [-0.25, -0.2) is 0 Å². The fourth-order valence-corrected chi connectivity index (χ4v) is 0.656. The Morgan fingerprint density at radius 2 is 2.44 bits per heavy atom. The molecule has 9 heavy (non-hydrogen) atoms. The third kappa shape index (κ3) is 1.82. The van der Waals surface area contributed by atoms with Crippen LogP contribution in [0, 0.1) is 0 Å². The third-order valence-electron chi connectivity index (χ3n) is 1.14. The third-order valence-corrected chi connectivity index (χ3v) is 1.14. The highest BCUT2D eigenvalue weighted by molar-refractivity contribution is 5.97. The Labute approximate surface area is 54.8 Å². The van der Waals surface area contributed by atoms with Gasteiger partial charge in [-0.2, -0.15) is 0 Å². The summed E-state index contributed by atoms with van der Waals surface area (Å²) < 4.78 is 0. The van der Waals surface area contributed by atoms with Crippen LogP contribution in [-0.4, -0.2) is 12.3 Å². The van der Waals surface area contributed by atoms with Crippen molar-refractivity contribution < 1.29 is 0 Å². The molecule has 1 rings (SSSR count). The van der Waals surface area contributed by atoms with Gasteiger partial charge in [0.2, 0.25) is 0 Å². The minimum atomic E-state index is 0.529. The molecule has 2 N–H and O–H groups in total. The zero-order chi connectivity index (χ0) is 6.53. The predicted molar refractivity (Wildman–Crippen MR) is 39.4 cm³/mol. The summed E-state index contributed by atoms with van der Waals surface area (Å²) in [6.45, 7) is 0.529. The monoisotopic (exact) mass is 122 g/mol. The summed E-state index contributed by atoms with van der Waals surface area (Å²) in [5.41, 5.74) is 6.30. The van der Waals surface area contributed by atoms with Crippen LogP contribution in [0.25, 0.3) is 0 Å². The molecule has 2 nitrogen and oxygen atoms in total. The molecule has 1 heterocycles. The summed E-state index contributed by atoms with van der Waals surface area (Å²) in [5, 5.41) is 0. The maximum atomic E-state index is 5.36. The van der Waals surface area contributed by atoms with Gasteiger partial charge in [0.25, 0.3) is 0 Å². The Morgan fingerprint density at radius 1 is 1.56 bits per heavy atom. The van der Waals surface area contributed by atoms with Crippen LogP contribution < -0.4 is 5.73 Å². The second kappa shape index (κ2) is 3.20. The van der Waals surface area contributed by atoms with E-state index in [1.165, 1.54) is 0 Å². The lowest BCUT2D eigenvalue weighted by Gasteiger charge is -1.88. The average Bonchev–Trinajstić information content (AvgIpc) is 2.13. The Bertz CT molecular complexity index is 166. The molecule has 1 aliphatic rings. The molecule has 0 spiro atoms. The molecule has 0 fully saturated rings. The maximum absolute atomic E-state index is 5.36. The quantitative estimate of drug-likeness (QED) is 0.550. The molecule has 0 aromatic rings. The van der Waals surface area contributed by atoms with Crippen LogP contribution in [0.15, 0.2) is 29.4 Å². The molecule has 0 aliphatic carbocycles. The second-order valence-corrected chi connectivity index (χ2v) is 1.85. The molecule has 0 radical (unpaired) electrons. The Kier molecular flexibility index (Phi) is 2.22. The van der Waals surface area contributed by atoms with Crippen molar-refractivity contribution in [3.05, 3.63) is 24.4 Å². The van der Waals surface area contributed by atoms with Crippen molar-refractivity contribution >= 4 is 5.71 Å². The van der Waals surface area contributed by atoms with E-state index in [4.69, 9.17) is 5.73 Å². The molecule has 0 atom stereocenters. The van der Waals surface area contributed by atoms with Gasteiger partial charge in [0.15, 0.2) is 0 Å². The first-order chi connectivity index (χ1) is 4.43. The van der Waals surface area contributed by atoms with Crippen molar-refractivity contribution in [1.29, 1.82) is 0 Å². The summed E-state index contributed by atoms with van der Waals surface area (Å²) >= 11 is 0. The van der Waals surface area contributed by atoms with Crippen molar-refractivity contribution in [3.8, 4) is 0 Å². The zero-order valence-electron chi connectivity index (χ0n) is 5.25. The molecule has 0 aromatic heterocycles. The van der Waals surface area contributed by atoms with E-state index in [1.54, 1.807) is 6.20 Å². The normalized spacial score (nSPS) is 17.2. The van der Waals surface area contributed by atoms with Gasteiger partial charge >= 0.3 is 0 Å². The van der Waals surface area contributed by atoms with E-state index < -0.39 is 0 Å². The van der Waals surface area contributed by atoms with Gasteiger partial charge in [-0.1, -0.05) is 12.2 Å². The average molecular weight is 122 g/mol. The first-order valence-corrected chi connectivity index (χ1v) is 3.02. The van der Waals surface area contributed by atoms with Crippen LogP contribution in [0.3, 0.4) is 0 Å². The molecule has 0 unspecified atom stereocenters. The summed E-state index contributed by atoms with van der Waals surface area (Å²) in [7, 11) is 0. The summed E-state index contributed by atoms with van der Waals surface area (Å²) in [6.07, 6.45) is 8.77. The highest BCUT2D eigenvalue weighted by Gasteiger charge is 1.88. The van der Waals surface area contributed by atoms with Crippen molar-refractivity contribution in [2.24, 2.45) is 10.7 Å². The summed E-state index contributed by atoms with van der Waals surface area (Å²) in [5.74, 6) is 0. The second-order valence-electron chi connectivity index (χ2n) is 1.85. The standard InChI is InChI=1S/C7H10N2/c8-6-7-4-2-1-3-5-9-7/h2-5H,1,6,8H2. The maximum Gasteiger partial charge on any atom is 0.0536 e. The van der Waals surface area contributed by atoms with Crippen LogP contribution in [0.1, 0.15) is 6.42 Å². The summed E-state index contributed by atoms with van der Waals surface area (Å²) in [4.78, 5) is 4.07. The fraction of sp³-hybridized carbons (Fsp3) is 0.286. The van der Waals surface area contributed by atoms with Crippen molar-refractivity contribution in [1.82, 2.24) is 0 Å². The molecule has 0 bridgehead atoms. The van der Waals surface area contributed by atoms with Crippen LogP contribution in [0.5, 0.6) is 0 Å². The van der Waals surface area contributed by atoms with Gasteiger partial charge in [0.05, 0.1) is 5.71 Å². The molecule has 48 valence electrons. The molecule has 2 heteroatoms. The number of allylic oxidation sites excluding steroid dienone is 2. The first kappa shape index (κ1) is 6.23. The van der Waals surface area contributed by atoms with Gasteiger partial charge in [0, 0.05) is 12.7 Å². The first-order valence-electron chi connectivity index (χ1n) is 3.02. The van der Waals surface area contributed by atoms with Crippen LogP contribution in [0.2, 0.25) is 0 Å². The van der Waals surface area contributed by atoms with Crippen molar-refractivity contribution in [2.45, 2.75) is 6.42 Å². The van der Waals surface area contributed by atoms with E-state index in [9.17, 15) is 0 Å². The number of hydrogen-bond donors (Lipinski definition) is 1. The van der Waals surface area contributed by atoms with Gasteiger partial charge in [0.1, 0.15) is 0 Å². The summed E-state index contributed by atoms with van der Waals surface area (Å²) in [6, 6.07) is 0. The lowest BCUT2D eigenvalue weighted by atomic mass is 10.3. The molecule has 0 aromatic carbocycles. The van der Waals surface area contributed by atoms with Crippen molar-refractivity contribution in [3.63, 3.8) is 0 Å². The van der Waals surface area contributed by atoms with Crippen LogP contribution in [0.4, 0.5) is 0 Å². The minimum Gasteiger partial charge on any atom is -0.325 e. The van der Waals surface area contributed by atoms with Crippen molar-refractivity contribution in [2.75, 3.05) is 6.54 Å². The number of rotatable bonds is 1. The lowest BCUT2D eigenvalue weighted by Crippen LogP contribution is -2.10. The van der Waals surface area contributed by atoms with Gasteiger partial charge < -0.3 is 5.73 Å². The van der Waals surface area contributed by atoms with Gasteiger partial charge in [-0.15, -0.1) is 0 Å². The number of aliphatic imine (C=N–C) groups is 1. The van der Waals surface area contributed by atoms with E-state index in [0.717, 1.165) is 12.1 Å². The molecule has 0 amide bonds. The SMILES string of the molecule is NCC1=NC=CCC=C1. The van der Waals surface area contributed by atoms with Gasteiger partial charge in [-0.05, 0) is 12.5 Å². The van der Waals surface area contributed by atoms with Crippen LogP contribution >= 0.6 is 0 Å². The van der Waals surface area contributed by atoms with E-state index in [2.05, 4.69) is 11.1 Å². The predicted octanol–water partition coefficient (Wildman–Crippen LogP) is 0.860. The Hall–Kier alpha value is -0.890. The smallest absolute Gasteiger partial charge is 0.0536 e. The highest BCUT2D eigenvalue weighted by Crippen LogP contribution is 1.93. The number of nitrogens with zero attached hydrogens (tertiary/aromatic N) is 1. The molecular formula is C7H10N2. The molecule has 0 saturated heterocycles. The number of hydrogen-bond acceptors (Lipinski definition) is 2. The Morgan fingerprint density at radius 3 is 3.22 bits per heavy atom. The largest absolute Gasteiger partial charge is 0.325 e. The van der Waals surface area contributed by atoms with E-state index in [1.807, 2.05) is 12.2 Å². The van der Waals surface area contributed by atoms with Crippen LogP contribution in [-0.2, 0) is 0 Å². The van der Waals surface area contributed by atoms with E-state index in [-0.39, 0.29) is 0 Å². The molecule has 0 saturated carbocycles. The van der Waals surface area contributed by atoms with E-state index in [0.29, 0.717) is 6.54 Å². The van der Waals surface area contributed by atoms with E-state index >= 15 is 0 Å². The minimum absolute atomic E-state index is 0.529.